The van der Waals surface area contributed by atoms with E-state index in [2.05, 4.69) is 5.32 Å². The van der Waals surface area contributed by atoms with Gasteiger partial charge in [0.05, 0.1) is 24.4 Å². The molecule has 1 amide bonds. The quantitative estimate of drug-likeness (QED) is 0.591. The van der Waals surface area contributed by atoms with Gasteiger partial charge in [-0.25, -0.2) is 4.39 Å². The zero-order chi connectivity index (χ0) is 23.5. The first-order chi connectivity index (χ1) is 15.9. The van der Waals surface area contributed by atoms with Crippen LogP contribution in [-0.4, -0.2) is 56.0 Å². The highest BCUT2D eigenvalue weighted by molar-refractivity contribution is 6.30. The van der Waals surface area contributed by atoms with E-state index < -0.39 is 18.0 Å². The van der Waals surface area contributed by atoms with Crippen molar-refractivity contribution in [2.75, 3.05) is 44.8 Å². The van der Waals surface area contributed by atoms with Gasteiger partial charge in [0.2, 0.25) is 0 Å². The van der Waals surface area contributed by atoms with Crippen molar-refractivity contribution < 1.29 is 28.2 Å². The number of ether oxygens (including phenoxy) is 3. The molecular formula is C23H25ClFN3O5. The normalized spacial score (nSPS) is 16.7. The fraction of sp³-hybridized carbons (Fsp3) is 0.391. The largest absolute Gasteiger partial charge is 0.493 e. The molecule has 8 nitrogen and oxygen atoms in total. The standard InChI is InChI=1S/C23H25ClFN3O5/c1-2-31-22(26)17-5-14(24)3-4-20(17)32-11-13-9-28(10-13)23(30)16-6-19-21(7-18(16)25)33-12-15(29)8-27-19/h3-7,13,22,27H,2,8-12,26H2,1H3. The number of benzene rings is 2. The predicted molar refractivity (Wildman–Crippen MR) is 120 cm³/mol. The molecule has 2 aromatic carbocycles. The minimum atomic E-state index is -0.690. The molecule has 0 aromatic heterocycles. The number of halogens is 2. The lowest BCUT2D eigenvalue weighted by Gasteiger charge is -2.39. The van der Waals surface area contributed by atoms with Gasteiger partial charge in [-0.2, -0.15) is 0 Å². The van der Waals surface area contributed by atoms with Crippen molar-refractivity contribution in [3.8, 4) is 11.5 Å². The third-order valence-electron chi connectivity index (χ3n) is 5.51. The summed E-state index contributed by atoms with van der Waals surface area (Å²) in [6, 6.07) is 7.69. The minimum absolute atomic E-state index is 0.0645. The highest BCUT2D eigenvalue weighted by atomic mass is 35.5. The summed E-state index contributed by atoms with van der Waals surface area (Å²) in [5.41, 5.74) is 7.06. The van der Waals surface area contributed by atoms with Gasteiger partial charge in [0.15, 0.2) is 5.78 Å². The molecule has 2 heterocycles. The average Bonchev–Trinajstić information content (AvgIpc) is 2.94. The second-order valence-electron chi connectivity index (χ2n) is 7.95. The lowest BCUT2D eigenvalue weighted by Crippen LogP contribution is -2.52. The summed E-state index contributed by atoms with van der Waals surface area (Å²) in [4.78, 5) is 25.9. The summed E-state index contributed by atoms with van der Waals surface area (Å²) in [7, 11) is 0. The fourth-order valence-electron chi connectivity index (χ4n) is 3.74. The maximum atomic E-state index is 14.6. The number of Topliss-reactive ketones (excluding diaryl/α,β-unsaturated/α-hetero) is 1. The van der Waals surface area contributed by atoms with Crippen molar-refractivity contribution in [2.45, 2.75) is 13.2 Å². The van der Waals surface area contributed by atoms with Gasteiger partial charge in [-0.1, -0.05) is 11.6 Å². The van der Waals surface area contributed by atoms with Crippen LogP contribution in [0.5, 0.6) is 11.5 Å². The first-order valence-electron chi connectivity index (χ1n) is 10.7. The molecule has 1 saturated heterocycles. The number of amides is 1. The summed E-state index contributed by atoms with van der Waals surface area (Å²) in [6.45, 7) is 3.45. The molecule has 1 unspecified atom stereocenters. The van der Waals surface area contributed by atoms with Gasteiger partial charge in [-0.15, -0.1) is 0 Å². The Morgan fingerprint density at radius 1 is 1.36 bits per heavy atom. The molecule has 0 radical (unpaired) electrons. The van der Waals surface area contributed by atoms with Crippen LogP contribution < -0.4 is 20.5 Å². The number of anilines is 1. The van der Waals surface area contributed by atoms with Gasteiger partial charge < -0.3 is 30.2 Å². The lowest BCUT2D eigenvalue weighted by molar-refractivity contribution is -0.119. The van der Waals surface area contributed by atoms with Crippen LogP contribution in [0, 0.1) is 11.7 Å². The van der Waals surface area contributed by atoms with Crippen LogP contribution in [0.25, 0.3) is 0 Å². The van der Waals surface area contributed by atoms with Gasteiger partial charge >= 0.3 is 0 Å². The maximum absolute atomic E-state index is 14.6. The van der Waals surface area contributed by atoms with Crippen molar-refractivity contribution in [3.05, 3.63) is 52.3 Å². The van der Waals surface area contributed by atoms with Gasteiger partial charge in [0.1, 0.15) is 30.2 Å². The minimum Gasteiger partial charge on any atom is -0.493 e. The van der Waals surface area contributed by atoms with Crippen LogP contribution in [0.15, 0.2) is 30.3 Å². The summed E-state index contributed by atoms with van der Waals surface area (Å²) >= 11 is 6.08. The van der Waals surface area contributed by atoms with Gasteiger partial charge in [0.25, 0.3) is 5.91 Å². The molecule has 0 bridgehead atoms. The summed E-state index contributed by atoms with van der Waals surface area (Å²) in [6.07, 6.45) is -0.660. The van der Waals surface area contributed by atoms with E-state index in [1.807, 2.05) is 6.92 Å². The van der Waals surface area contributed by atoms with Crippen molar-refractivity contribution in [3.63, 3.8) is 0 Å². The number of fused-ring (bicyclic) bond motifs is 1. The van der Waals surface area contributed by atoms with Crippen LogP contribution in [0.2, 0.25) is 5.02 Å². The second-order valence-corrected chi connectivity index (χ2v) is 8.39. The number of carbonyl (C=O) groups excluding carboxylic acids is 2. The van der Waals surface area contributed by atoms with Crippen molar-refractivity contribution in [2.24, 2.45) is 11.7 Å². The summed E-state index contributed by atoms with van der Waals surface area (Å²) in [5.74, 6) is -0.393. The predicted octanol–water partition coefficient (Wildman–Crippen LogP) is 3.00. The van der Waals surface area contributed by atoms with Crippen molar-refractivity contribution >= 4 is 29.0 Å². The Hall–Kier alpha value is -2.88. The lowest BCUT2D eigenvalue weighted by atomic mass is 9.99. The van der Waals surface area contributed by atoms with Gasteiger partial charge in [-0.3, -0.25) is 9.59 Å². The second kappa shape index (κ2) is 9.94. The van der Waals surface area contributed by atoms with Gasteiger partial charge in [0, 0.05) is 42.3 Å². The topological polar surface area (TPSA) is 103 Å². The summed E-state index contributed by atoms with van der Waals surface area (Å²) < 4.78 is 31.2. The number of nitrogens with two attached hydrogens (primary N) is 1. The molecule has 4 rings (SSSR count). The molecule has 1 atom stereocenters. The Kier molecular flexibility index (Phi) is 7.02. The average molecular weight is 478 g/mol. The van der Waals surface area contributed by atoms with E-state index >= 15 is 0 Å². The number of likely N-dealkylation sites (tertiary alicyclic amines) is 1. The molecule has 10 heteroatoms. The van der Waals surface area contributed by atoms with Gasteiger partial charge in [-0.05, 0) is 31.2 Å². The van der Waals surface area contributed by atoms with E-state index in [-0.39, 0.29) is 36.2 Å². The van der Waals surface area contributed by atoms with Crippen molar-refractivity contribution in [1.82, 2.24) is 4.90 Å². The van der Waals surface area contributed by atoms with Crippen molar-refractivity contribution in [1.29, 1.82) is 0 Å². The smallest absolute Gasteiger partial charge is 0.256 e. The Bertz CT molecular complexity index is 1060. The fourth-order valence-corrected chi connectivity index (χ4v) is 3.92. The molecule has 0 spiro atoms. The highest BCUT2D eigenvalue weighted by Crippen LogP contribution is 2.32. The molecule has 2 aliphatic rings. The molecule has 2 aliphatic heterocycles. The van der Waals surface area contributed by atoms with E-state index in [0.29, 0.717) is 48.3 Å². The molecule has 176 valence electrons. The van der Waals surface area contributed by atoms with Crippen LogP contribution in [0.3, 0.4) is 0 Å². The number of ketones is 1. The molecule has 33 heavy (non-hydrogen) atoms. The van der Waals surface area contributed by atoms with E-state index in [0.717, 1.165) is 6.07 Å². The number of hydrogen-bond donors (Lipinski definition) is 2. The van der Waals surface area contributed by atoms with Crippen LogP contribution in [-0.2, 0) is 9.53 Å². The van der Waals surface area contributed by atoms with E-state index in [1.165, 1.54) is 6.07 Å². The third kappa shape index (κ3) is 5.21. The number of carbonyl (C=O) groups is 2. The SMILES string of the molecule is CCOC(N)c1cc(Cl)ccc1OCC1CN(C(=O)c2cc3c(cc2F)OCC(=O)CN3)C1. The van der Waals surface area contributed by atoms with Crippen LogP contribution >= 0.6 is 11.6 Å². The molecular weight excluding hydrogens is 453 g/mol. The molecule has 2 aromatic rings. The molecule has 0 aliphatic carbocycles. The first kappa shape index (κ1) is 23.3. The monoisotopic (exact) mass is 477 g/mol. The Morgan fingerprint density at radius 2 is 2.15 bits per heavy atom. The number of nitrogens with one attached hydrogen (secondary N) is 1. The van der Waals surface area contributed by atoms with E-state index in [1.54, 1.807) is 23.1 Å². The molecule has 1 fully saturated rings. The van der Waals surface area contributed by atoms with E-state index in [9.17, 15) is 14.0 Å². The van der Waals surface area contributed by atoms with Crippen LogP contribution in [0.4, 0.5) is 10.1 Å². The third-order valence-corrected chi connectivity index (χ3v) is 5.74. The Morgan fingerprint density at radius 3 is 2.91 bits per heavy atom. The van der Waals surface area contributed by atoms with E-state index in [4.69, 9.17) is 31.5 Å². The summed E-state index contributed by atoms with van der Waals surface area (Å²) in [5, 5.41) is 3.41. The molecule has 3 N–H and O–H groups in total. The zero-order valence-electron chi connectivity index (χ0n) is 18.1. The van der Waals surface area contributed by atoms with Crippen LogP contribution in [0.1, 0.15) is 29.1 Å². The first-order valence-corrected chi connectivity index (χ1v) is 11.0. The Labute approximate surface area is 195 Å². The number of rotatable bonds is 7. The zero-order valence-corrected chi connectivity index (χ0v) is 18.9. The Balaban J connectivity index is 1.36. The maximum Gasteiger partial charge on any atom is 0.256 e. The number of hydrogen-bond acceptors (Lipinski definition) is 7. The highest BCUT2D eigenvalue weighted by Gasteiger charge is 2.34. The number of nitrogens with zero attached hydrogens (tertiary/aromatic N) is 1. The molecule has 0 saturated carbocycles.